The number of furan rings is 1. The van der Waals surface area contributed by atoms with E-state index in [2.05, 4.69) is 0 Å². The zero-order valence-corrected chi connectivity index (χ0v) is 9.96. The molecule has 1 atom stereocenters. The van der Waals surface area contributed by atoms with E-state index in [0.29, 0.717) is 11.5 Å². The molecule has 2 rings (SSSR count). The fraction of sp³-hybridized carbons (Fsp3) is 0.214. The number of para-hydroxylation sites is 1. The number of carboxylic acid groups (broad SMARTS) is 1. The van der Waals surface area contributed by atoms with Crippen molar-refractivity contribution in [3.8, 4) is 5.75 Å². The molecule has 4 heteroatoms. The lowest BCUT2D eigenvalue weighted by atomic mass is 9.92. The maximum atomic E-state index is 10.9. The minimum atomic E-state index is -1.12. The summed E-state index contributed by atoms with van der Waals surface area (Å²) in [7, 11) is 1.55. The summed E-state index contributed by atoms with van der Waals surface area (Å²) in [5, 5.41) is 10.9. The van der Waals surface area contributed by atoms with Gasteiger partial charge in [-0.05, 0) is 18.2 Å². The fourth-order valence-corrected chi connectivity index (χ4v) is 1.97. The van der Waals surface area contributed by atoms with Gasteiger partial charge in [0.05, 0.1) is 19.3 Å². The molecule has 0 aliphatic rings. The summed E-state index contributed by atoms with van der Waals surface area (Å²) in [5.74, 6) is -0.299. The van der Waals surface area contributed by atoms with E-state index in [1.165, 1.54) is 6.26 Å². The largest absolute Gasteiger partial charge is 0.550 e. The second kappa shape index (κ2) is 5.40. The van der Waals surface area contributed by atoms with Crippen molar-refractivity contribution < 1.29 is 19.1 Å². The van der Waals surface area contributed by atoms with Crippen LogP contribution in [-0.2, 0) is 4.79 Å². The molecule has 0 aliphatic heterocycles. The molecule has 0 amide bonds. The van der Waals surface area contributed by atoms with Crippen LogP contribution in [0.4, 0.5) is 0 Å². The Hall–Kier alpha value is -2.23. The monoisotopic (exact) mass is 245 g/mol. The Morgan fingerprint density at radius 2 is 2.11 bits per heavy atom. The first-order valence-corrected chi connectivity index (χ1v) is 5.58. The number of rotatable bonds is 5. The van der Waals surface area contributed by atoms with E-state index in [0.717, 1.165) is 5.56 Å². The van der Waals surface area contributed by atoms with Gasteiger partial charge in [-0.1, -0.05) is 18.2 Å². The lowest BCUT2D eigenvalue weighted by Gasteiger charge is -2.18. The number of carbonyl (C=O) groups excluding carboxylic acids is 1. The van der Waals surface area contributed by atoms with E-state index < -0.39 is 11.9 Å². The molecule has 4 nitrogen and oxygen atoms in total. The summed E-state index contributed by atoms with van der Waals surface area (Å²) in [4.78, 5) is 10.9. The van der Waals surface area contributed by atoms with Crippen LogP contribution in [0.15, 0.2) is 47.1 Å². The van der Waals surface area contributed by atoms with Crippen molar-refractivity contribution in [3.05, 3.63) is 54.0 Å². The van der Waals surface area contributed by atoms with E-state index in [9.17, 15) is 9.90 Å². The maximum absolute atomic E-state index is 10.9. The number of methoxy groups -OCH3 is 1. The van der Waals surface area contributed by atoms with E-state index >= 15 is 0 Å². The highest BCUT2D eigenvalue weighted by molar-refractivity contribution is 5.67. The maximum Gasteiger partial charge on any atom is 0.122 e. The van der Waals surface area contributed by atoms with Crippen LogP contribution in [0.5, 0.6) is 5.75 Å². The Morgan fingerprint density at radius 1 is 1.33 bits per heavy atom. The topological polar surface area (TPSA) is 62.5 Å². The first-order chi connectivity index (χ1) is 8.72. The summed E-state index contributed by atoms with van der Waals surface area (Å²) in [6.07, 6.45) is 1.38. The van der Waals surface area contributed by atoms with Gasteiger partial charge in [0, 0.05) is 18.0 Å². The Bertz CT molecular complexity index is 516. The minimum absolute atomic E-state index is 0.145. The van der Waals surface area contributed by atoms with E-state index in [1.54, 1.807) is 25.3 Å². The van der Waals surface area contributed by atoms with Crippen molar-refractivity contribution in [2.45, 2.75) is 12.3 Å². The molecule has 2 aromatic rings. The lowest BCUT2D eigenvalue weighted by molar-refractivity contribution is -0.306. The van der Waals surface area contributed by atoms with Gasteiger partial charge in [0.1, 0.15) is 11.5 Å². The molecule has 1 heterocycles. The van der Waals surface area contributed by atoms with Crippen LogP contribution in [0.2, 0.25) is 0 Å². The van der Waals surface area contributed by atoms with Crippen molar-refractivity contribution in [3.63, 3.8) is 0 Å². The van der Waals surface area contributed by atoms with E-state index in [-0.39, 0.29) is 6.42 Å². The highest BCUT2D eigenvalue weighted by Gasteiger charge is 2.20. The number of carbonyl (C=O) groups is 1. The summed E-state index contributed by atoms with van der Waals surface area (Å²) in [5.41, 5.74) is 0.777. The molecule has 0 N–H and O–H groups in total. The Morgan fingerprint density at radius 3 is 2.72 bits per heavy atom. The number of benzene rings is 1. The number of hydrogen-bond donors (Lipinski definition) is 0. The zero-order chi connectivity index (χ0) is 13.0. The van der Waals surface area contributed by atoms with Gasteiger partial charge in [0.25, 0.3) is 0 Å². The highest BCUT2D eigenvalue weighted by Crippen LogP contribution is 2.34. The molecule has 0 bridgehead atoms. The van der Waals surface area contributed by atoms with Gasteiger partial charge < -0.3 is 19.1 Å². The fourth-order valence-electron chi connectivity index (χ4n) is 1.97. The second-order valence-electron chi connectivity index (χ2n) is 3.89. The van der Waals surface area contributed by atoms with Crippen LogP contribution >= 0.6 is 0 Å². The van der Waals surface area contributed by atoms with Crippen molar-refractivity contribution in [1.29, 1.82) is 0 Å². The average Bonchev–Trinajstić information content (AvgIpc) is 2.89. The molecule has 1 aromatic carbocycles. The molecule has 94 valence electrons. The Kier molecular flexibility index (Phi) is 3.67. The highest BCUT2D eigenvalue weighted by atomic mass is 16.5. The SMILES string of the molecule is COc1ccccc1C(CC(=O)[O-])c1ccco1. The molecule has 0 saturated carbocycles. The van der Waals surface area contributed by atoms with Gasteiger partial charge in [0.2, 0.25) is 0 Å². The van der Waals surface area contributed by atoms with Crippen LogP contribution in [0.3, 0.4) is 0 Å². The zero-order valence-electron chi connectivity index (χ0n) is 9.96. The summed E-state index contributed by atoms with van der Waals surface area (Å²) in [6.45, 7) is 0. The first kappa shape index (κ1) is 12.2. The quantitative estimate of drug-likeness (QED) is 0.802. The molecule has 1 unspecified atom stereocenters. The van der Waals surface area contributed by atoms with Crippen LogP contribution in [-0.4, -0.2) is 13.1 Å². The lowest BCUT2D eigenvalue weighted by Crippen LogP contribution is -2.25. The third-order valence-corrected chi connectivity index (χ3v) is 2.77. The van der Waals surface area contributed by atoms with E-state index in [4.69, 9.17) is 9.15 Å². The number of aliphatic carboxylic acids is 1. The molecule has 0 fully saturated rings. The van der Waals surface area contributed by atoms with Crippen LogP contribution < -0.4 is 9.84 Å². The Balaban J connectivity index is 2.43. The van der Waals surface area contributed by atoms with Gasteiger partial charge in [-0.3, -0.25) is 0 Å². The van der Waals surface area contributed by atoms with Crippen molar-refractivity contribution in [2.24, 2.45) is 0 Å². The van der Waals surface area contributed by atoms with Crippen molar-refractivity contribution in [2.75, 3.05) is 7.11 Å². The number of hydrogen-bond acceptors (Lipinski definition) is 4. The molecule has 0 spiro atoms. The molecule has 0 aliphatic carbocycles. The van der Waals surface area contributed by atoms with Gasteiger partial charge >= 0.3 is 0 Å². The van der Waals surface area contributed by atoms with Crippen molar-refractivity contribution >= 4 is 5.97 Å². The summed E-state index contributed by atoms with van der Waals surface area (Å²) < 4.78 is 10.6. The van der Waals surface area contributed by atoms with Crippen LogP contribution in [0.25, 0.3) is 0 Å². The normalized spacial score (nSPS) is 12.1. The predicted octanol–water partition coefficient (Wildman–Crippen LogP) is 1.56. The summed E-state index contributed by atoms with van der Waals surface area (Å²) in [6, 6.07) is 10.8. The average molecular weight is 245 g/mol. The van der Waals surface area contributed by atoms with Crippen LogP contribution in [0.1, 0.15) is 23.7 Å². The summed E-state index contributed by atoms with van der Waals surface area (Å²) >= 11 is 0. The minimum Gasteiger partial charge on any atom is -0.550 e. The van der Waals surface area contributed by atoms with Crippen molar-refractivity contribution in [1.82, 2.24) is 0 Å². The first-order valence-electron chi connectivity index (χ1n) is 5.58. The Labute approximate surface area is 105 Å². The molecule has 1 aromatic heterocycles. The van der Waals surface area contributed by atoms with Gasteiger partial charge in [-0.15, -0.1) is 0 Å². The van der Waals surface area contributed by atoms with Gasteiger partial charge in [0.15, 0.2) is 0 Å². The molecule has 0 radical (unpaired) electrons. The third-order valence-electron chi connectivity index (χ3n) is 2.77. The standard InChI is InChI=1S/C14H14O4/c1-17-12-6-3-2-5-10(12)11(9-14(15)16)13-7-4-8-18-13/h2-8,11H,9H2,1H3,(H,15,16)/p-1. The second-order valence-corrected chi connectivity index (χ2v) is 3.89. The van der Waals surface area contributed by atoms with E-state index in [1.807, 2.05) is 18.2 Å². The molecular formula is C14H13O4-. The predicted molar refractivity (Wildman–Crippen MR) is 63.2 cm³/mol. The molecule has 18 heavy (non-hydrogen) atoms. The van der Waals surface area contributed by atoms with Gasteiger partial charge in [-0.2, -0.15) is 0 Å². The number of ether oxygens (including phenoxy) is 1. The molecule has 0 saturated heterocycles. The smallest absolute Gasteiger partial charge is 0.122 e. The number of carboxylic acids is 1. The molecular weight excluding hydrogens is 232 g/mol. The van der Waals surface area contributed by atoms with Crippen LogP contribution in [0, 0.1) is 0 Å². The van der Waals surface area contributed by atoms with Gasteiger partial charge in [-0.25, -0.2) is 0 Å². The third kappa shape index (κ3) is 2.53.